The molecule has 1 aliphatic heterocycles. The van der Waals surface area contributed by atoms with Crippen molar-refractivity contribution < 1.29 is 9.59 Å². The second kappa shape index (κ2) is 12.1. The molecule has 180 valence electrons. The van der Waals surface area contributed by atoms with Gasteiger partial charge in [-0.05, 0) is 69.6 Å². The molecule has 4 rings (SSSR count). The fourth-order valence-corrected chi connectivity index (χ4v) is 4.22. The molecule has 0 radical (unpaired) electrons. The van der Waals surface area contributed by atoms with Crippen LogP contribution in [0.1, 0.15) is 64.5 Å². The van der Waals surface area contributed by atoms with Gasteiger partial charge in [0.2, 0.25) is 0 Å². The molecular weight excluding hydrogens is 430 g/mol. The average Bonchev–Trinajstić information content (AvgIpc) is 3.58. The second-order valence-electron chi connectivity index (χ2n) is 8.68. The van der Waals surface area contributed by atoms with E-state index in [0.717, 1.165) is 19.4 Å². The Kier molecular flexibility index (Phi) is 8.45. The maximum atomic E-state index is 13.2. The second-order valence-corrected chi connectivity index (χ2v) is 8.68. The smallest absolute Gasteiger partial charge is 0.254 e. The van der Waals surface area contributed by atoms with E-state index < -0.39 is 0 Å². The molecule has 0 saturated carbocycles. The van der Waals surface area contributed by atoms with Crippen LogP contribution in [0.25, 0.3) is 0 Å². The summed E-state index contributed by atoms with van der Waals surface area (Å²) in [7, 11) is 0. The van der Waals surface area contributed by atoms with Gasteiger partial charge < -0.3 is 25.1 Å². The molecule has 3 heterocycles. The summed E-state index contributed by atoms with van der Waals surface area (Å²) in [5.41, 5.74) is 1.06. The number of nitrogens with one attached hydrogen (secondary N) is 3. The third kappa shape index (κ3) is 6.77. The number of carbonyl (C=O) groups excluding carboxylic acids is 2. The standard InChI is InChI=1S/C25H33N7O2/c33-24(30-10-2-5-17-31-15-3-1-4-16-31)20-6-8-21(9-7-20)25(34)32(18-22-26-11-12-27-22)19-23-28-13-14-29-23/h6-9,11-14H,1-5,10,15-19H2,(H,26,27)(H,28,29)(H,30,33). The molecular formula is C25H33N7O2. The maximum absolute atomic E-state index is 13.2. The summed E-state index contributed by atoms with van der Waals surface area (Å²) in [5, 5.41) is 2.99. The molecule has 2 aromatic heterocycles. The lowest BCUT2D eigenvalue weighted by Gasteiger charge is -2.26. The van der Waals surface area contributed by atoms with Crippen molar-refractivity contribution in [1.82, 2.24) is 35.1 Å². The van der Waals surface area contributed by atoms with Crippen molar-refractivity contribution in [2.45, 2.75) is 45.2 Å². The number of piperidine rings is 1. The zero-order valence-corrected chi connectivity index (χ0v) is 19.5. The first-order valence-corrected chi connectivity index (χ1v) is 12.1. The van der Waals surface area contributed by atoms with Crippen LogP contribution in [0.2, 0.25) is 0 Å². The summed E-state index contributed by atoms with van der Waals surface area (Å²) < 4.78 is 0. The number of imidazole rings is 2. The zero-order chi connectivity index (χ0) is 23.6. The van der Waals surface area contributed by atoms with Gasteiger partial charge in [0.1, 0.15) is 11.6 Å². The van der Waals surface area contributed by atoms with E-state index >= 15 is 0 Å². The summed E-state index contributed by atoms with van der Waals surface area (Å²) in [5.74, 6) is 1.12. The maximum Gasteiger partial charge on any atom is 0.254 e. The molecule has 3 aromatic rings. The molecule has 3 N–H and O–H groups in total. The summed E-state index contributed by atoms with van der Waals surface area (Å²) in [4.78, 5) is 44.4. The van der Waals surface area contributed by atoms with Gasteiger partial charge in [0.05, 0.1) is 13.1 Å². The van der Waals surface area contributed by atoms with Crippen LogP contribution in [0.3, 0.4) is 0 Å². The monoisotopic (exact) mass is 463 g/mol. The lowest BCUT2D eigenvalue weighted by atomic mass is 10.1. The van der Waals surface area contributed by atoms with E-state index in [2.05, 4.69) is 30.2 Å². The Morgan fingerprint density at radius 2 is 1.50 bits per heavy atom. The third-order valence-corrected chi connectivity index (χ3v) is 6.11. The van der Waals surface area contributed by atoms with Crippen LogP contribution >= 0.6 is 0 Å². The van der Waals surface area contributed by atoms with Gasteiger partial charge in [-0.25, -0.2) is 9.97 Å². The van der Waals surface area contributed by atoms with Crippen LogP contribution in [-0.2, 0) is 13.1 Å². The van der Waals surface area contributed by atoms with Crippen molar-refractivity contribution in [2.24, 2.45) is 0 Å². The van der Waals surface area contributed by atoms with Crippen molar-refractivity contribution in [3.8, 4) is 0 Å². The molecule has 1 saturated heterocycles. The highest BCUT2D eigenvalue weighted by Crippen LogP contribution is 2.13. The van der Waals surface area contributed by atoms with Crippen LogP contribution in [0.5, 0.6) is 0 Å². The number of rotatable bonds is 11. The fourth-order valence-electron chi connectivity index (χ4n) is 4.22. The highest BCUT2D eigenvalue weighted by atomic mass is 16.2. The quantitative estimate of drug-likeness (QED) is 0.379. The van der Waals surface area contributed by atoms with Gasteiger partial charge in [0, 0.05) is 42.5 Å². The summed E-state index contributed by atoms with van der Waals surface area (Å²) in [6, 6.07) is 6.80. The van der Waals surface area contributed by atoms with Gasteiger partial charge in [-0.3, -0.25) is 9.59 Å². The zero-order valence-electron chi connectivity index (χ0n) is 19.5. The van der Waals surface area contributed by atoms with E-state index in [9.17, 15) is 9.59 Å². The predicted molar refractivity (Wildman–Crippen MR) is 129 cm³/mol. The van der Waals surface area contributed by atoms with Gasteiger partial charge >= 0.3 is 0 Å². The van der Waals surface area contributed by atoms with Gasteiger partial charge in [-0.2, -0.15) is 0 Å². The first-order chi connectivity index (χ1) is 16.7. The number of hydrogen-bond acceptors (Lipinski definition) is 5. The molecule has 2 amide bonds. The number of amides is 2. The van der Waals surface area contributed by atoms with Crippen molar-refractivity contribution >= 4 is 11.8 Å². The number of H-pyrrole nitrogens is 2. The molecule has 34 heavy (non-hydrogen) atoms. The first-order valence-electron chi connectivity index (χ1n) is 12.1. The largest absolute Gasteiger partial charge is 0.352 e. The fraction of sp³-hybridized carbons (Fsp3) is 0.440. The molecule has 1 aromatic carbocycles. The number of likely N-dealkylation sites (tertiary alicyclic amines) is 1. The average molecular weight is 464 g/mol. The van der Waals surface area contributed by atoms with Crippen LogP contribution < -0.4 is 5.32 Å². The summed E-state index contributed by atoms with van der Waals surface area (Å²) in [6.45, 7) is 4.83. The predicted octanol–water partition coefficient (Wildman–Crippen LogP) is 2.97. The Morgan fingerprint density at radius 1 is 0.882 bits per heavy atom. The number of nitrogens with zero attached hydrogens (tertiary/aromatic N) is 4. The Balaban J connectivity index is 1.28. The van der Waals surface area contributed by atoms with Crippen molar-refractivity contribution in [1.29, 1.82) is 0 Å². The van der Waals surface area contributed by atoms with Crippen LogP contribution in [0.15, 0.2) is 49.1 Å². The molecule has 9 nitrogen and oxygen atoms in total. The van der Waals surface area contributed by atoms with E-state index in [1.165, 1.54) is 32.4 Å². The van der Waals surface area contributed by atoms with Crippen molar-refractivity contribution in [2.75, 3.05) is 26.2 Å². The minimum Gasteiger partial charge on any atom is -0.352 e. The first kappa shape index (κ1) is 23.7. The van der Waals surface area contributed by atoms with Crippen molar-refractivity contribution in [3.05, 3.63) is 71.8 Å². The lowest BCUT2D eigenvalue weighted by Crippen LogP contribution is -2.31. The van der Waals surface area contributed by atoms with E-state index in [1.54, 1.807) is 54.0 Å². The van der Waals surface area contributed by atoms with E-state index in [-0.39, 0.29) is 11.8 Å². The van der Waals surface area contributed by atoms with Crippen molar-refractivity contribution in [3.63, 3.8) is 0 Å². The Bertz CT molecular complexity index is 974. The molecule has 0 atom stereocenters. The number of hydrogen-bond donors (Lipinski definition) is 3. The Morgan fingerprint density at radius 3 is 2.09 bits per heavy atom. The Hall–Kier alpha value is -3.46. The third-order valence-electron chi connectivity index (χ3n) is 6.11. The van der Waals surface area contributed by atoms with Crippen LogP contribution in [0, 0.1) is 0 Å². The molecule has 0 unspecified atom stereocenters. The number of aromatic nitrogens is 4. The molecule has 0 aliphatic carbocycles. The minimum absolute atomic E-state index is 0.111. The summed E-state index contributed by atoms with van der Waals surface area (Å²) >= 11 is 0. The molecule has 1 aliphatic rings. The van der Waals surface area contributed by atoms with E-state index in [0.29, 0.717) is 42.4 Å². The van der Waals surface area contributed by atoms with E-state index in [1.807, 2.05) is 0 Å². The molecule has 0 spiro atoms. The molecule has 0 bridgehead atoms. The van der Waals surface area contributed by atoms with Gasteiger partial charge in [-0.1, -0.05) is 6.42 Å². The van der Waals surface area contributed by atoms with Crippen LogP contribution in [-0.4, -0.2) is 67.7 Å². The van der Waals surface area contributed by atoms with Gasteiger partial charge in [-0.15, -0.1) is 0 Å². The number of unbranched alkanes of at least 4 members (excludes halogenated alkanes) is 1. The molecule has 1 fully saturated rings. The topological polar surface area (TPSA) is 110 Å². The highest BCUT2D eigenvalue weighted by Gasteiger charge is 2.19. The normalized spacial score (nSPS) is 14.1. The van der Waals surface area contributed by atoms with Crippen LogP contribution in [0.4, 0.5) is 0 Å². The number of carbonyl (C=O) groups is 2. The highest BCUT2D eigenvalue weighted by molar-refractivity contribution is 5.97. The van der Waals surface area contributed by atoms with Gasteiger partial charge in [0.15, 0.2) is 0 Å². The Labute approximate surface area is 200 Å². The minimum atomic E-state index is -0.155. The molecule has 9 heteroatoms. The lowest BCUT2D eigenvalue weighted by molar-refractivity contribution is 0.0721. The number of benzene rings is 1. The SMILES string of the molecule is O=C(NCCCCN1CCCCC1)c1ccc(C(=O)N(Cc2ncc[nH]2)Cc2ncc[nH]2)cc1. The van der Waals surface area contributed by atoms with E-state index in [4.69, 9.17) is 0 Å². The number of aromatic amines is 2. The summed E-state index contributed by atoms with van der Waals surface area (Å²) in [6.07, 6.45) is 12.8. The van der Waals surface area contributed by atoms with Gasteiger partial charge in [0.25, 0.3) is 11.8 Å².